The molecular formula is C18H14ClNO2. The van der Waals surface area contributed by atoms with E-state index < -0.39 is 5.97 Å². The molecule has 0 radical (unpaired) electrons. The highest BCUT2D eigenvalue weighted by atomic mass is 35.5. The molecule has 0 fully saturated rings. The molecule has 0 aliphatic carbocycles. The molecule has 0 amide bonds. The molecule has 0 unspecified atom stereocenters. The Kier molecular flexibility index (Phi) is 7.26. The van der Waals surface area contributed by atoms with Gasteiger partial charge in [0.1, 0.15) is 5.15 Å². The molecule has 22 heavy (non-hydrogen) atoms. The monoisotopic (exact) mass is 311 g/mol. The SMILES string of the molecule is CC.O=C(O)c1ccc(C#CC#Cc2ccc(Cl)nc2)cc1. The molecule has 110 valence electrons. The van der Waals surface area contributed by atoms with Crippen molar-refractivity contribution in [2.24, 2.45) is 0 Å². The van der Waals surface area contributed by atoms with Crippen LogP contribution in [0.15, 0.2) is 42.6 Å². The molecule has 1 N–H and O–H groups in total. The first-order valence-corrected chi connectivity index (χ1v) is 7.00. The average molecular weight is 312 g/mol. The zero-order valence-electron chi connectivity index (χ0n) is 12.2. The molecular weight excluding hydrogens is 298 g/mol. The predicted octanol–water partition coefficient (Wildman–Crippen LogP) is 3.86. The maximum atomic E-state index is 10.7. The quantitative estimate of drug-likeness (QED) is 0.642. The second-order valence-electron chi connectivity index (χ2n) is 3.75. The van der Waals surface area contributed by atoms with Gasteiger partial charge in [-0.1, -0.05) is 37.3 Å². The van der Waals surface area contributed by atoms with Gasteiger partial charge in [-0.2, -0.15) is 0 Å². The lowest BCUT2D eigenvalue weighted by molar-refractivity contribution is 0.0697. The highest BCUT2D eigenvalue weighted by molar-refractivity contribution is 6.29. The number of aromatic carboxylic acids is 1. The van der Waals surface area contributed by atoms with E-state index in [9.17, 15) is 4.79 Å². The number of halogens is 1. The first-order valence-electron chi connectivity index (χ1n) is 6.62. The minimum absolute atomic E-state index is 0.230. The Morgan fingerprint density at radius 1 is 1.00 bits per heavy atom. The van der Waals surface area contributed by atoms with Gasteiger partial charge in [-0.25, -0.2) is 9.78 Å². The van der Waals surface area contributed by atoms with E-state index in [1.807, 2.05) is 13.8 Å². The normalized spacial score (nSPS) is 8.32. The van der Waals surface area contributed by atoms with Crippen molar-refractivity contribution in [2.45, 2.75) is 13.8 Å². The van der Waals surface area contributed by atoms with Crippen LogP contribution >= 0.6 is 11.6 Å². The number of carboxylic acids is 1. The van der Waals surface area contributed by atoms with Gasteiger partial charge < -0.3 is 5.11 Å². The van der Waals surface area contributed by atoms with Crippen molar-refractivity contribution in [3.05, 3.63) is 64.4 Å². The van der Waals surface area contributed by atoms with Gasteiger partial charge in [0.2, 0.25) is 0 Å². The Labute approximate surface area is 135 Å². The molecule has 1 aromatic carbocycles. The number of nitrogens with zero attached hydrogens (tertiary/aromatic N) is 1. The van der Waals surface area contributed by atoms with Crippen LogP contribution in [0.2, 0.25) is 5.15 Å². The van der Waals surface area contributed by atoms with Gasteiger partial charge >= 0.3 is 5.97 Å². The summed E-state index contributed by atoms with van der Waals surface area (Å²) in [5.41, 5.74) is 1.66. The molecule has 0 aliphatic rings. The standard InChI is InChI=1S/C16H8ClNO2.C2H6/c17-15-10-7-13(11-18-15)4-2-1-3-12-5-8-14(9-6-12)16(19)20;1-2/h5-11H,(H,19,20);1-2H3. The fraction of sp³-hybridized carbons (Fsp3) is 0.111. The molecule has 4 heteroatoms. The van der Waals surface area contributed by atoms with Crippen LogP contribution in [0.5, 0.6) is 0 Å². The van der Waals surface area contributed by atoms with Crippen molar-refractivity contribution in [3.8, 4) is 23.7 Å². The Hall–Kier alpha value is -2.75. The van der Waals surface area contributed by atoms with Crippen LogP contribution in [0.3, 0.4) is 0 Å². The highest BCUT2D eigenvalue weighted by Gasteiger charge is 1.99. The van der Waals surface area contributed by atoms with Gasteiger partial charge in [-0.3, -0.25) is 0 Å². The van der Waals surface area contributed by atoms with Gasteiger partial charge in [0.05, 0.1) is 5.56 Å². The van der Waals surface area contributed by atoms with Gasteiger partial charge in [-0.15, -0.1) is 0 Å². The summed E-state index contributed by atoms with van der Waals surface area (Å²) in [4.78, 5) is 14.6. The number of hydrogen-bond donors (Lipinski definition) is 1. The largest absolute Gasteiger partial charge is 0.478 e. The molecule has 0 saturated carbocycles. The van der Waals surface area contributed by atoms with E-state index in [1.54, 1.807) is 30.5 Å². The van der Waals surface area contributed by atoms with E-state index in [0.29, 0.717) is 10.7 Å². The molecule has 0 spiro atoms. The van der Waals surface area contributed by atoms with Crippen LogP contribution in [-0.2, 0) is 0 Å². The highest BCUT2D eigenvalue weighted by Crippen LogP contribution is 2.04. The van der Waals surface area contributed by atoms with Crippen molar-refractivity contribution in [1.82, 2.24) is 4.98 Å². The third kappa shape index (κ3) is 5.71. The van der Waals surface area contributed by atoms with Crippen LogP contribution in [0, 0.1) is 23.7 Å². The van der Waals surface area contributed by atoms with Gasteiger partial charge in [0.15, 0.2) is 0 Å². The first kappa shape index (κ1) is 17.3. The number of pyridine rings is 1. The molecule has 1 heterocycles. The lowest BCUT2D eigenvalue weighted by Gasteiger charge is -1.92. The molecule has 0 aliphatic heterocycles. The number of rotatable bonds is 1. The summed E-state index contributed by atoms with van der Waals surface area (Å²) < 4.78 is 0. The third-order valence-corrected chi connectivity index (χ3v) is 2.56. The smallest absolute Gasteiger partial charge is 0.335 e. The molecule has 0 bridgehead atoms. The van der Waals surface area contributed by atoms with Crippen molar-refractivity contribution in [3.63, 3.8) is 0 Å². The lowest BCUT2D eigenvalue weighted by Crippen LogP contribution is -1.94. The van der Waals surface area contributed by atoms with E-state index in [2.05, 4.69) is 28.7 Å². The first-order chi connectivity index (χ1) is 10.6. The van der Waals surface area contributed by atoms with Crippen LogP contribution in [0.4, 0.5) is 0 Å². The van der Waals surface area contributed by atoms with Crippen molar-refractivity contribution >= 4 is 17.6 Å². The summed E-state index contributed by atoms with van der Waals surface area (Å²) in [7, 11) is 0. The van der Waals surface area contributed by atoms with Crippen molar-refractivity contribution in [1.29, 1.82) is 0 Å². The zero-order chi connectivity index (χ0) is 16.4. The number of aromatic nitrogens is 1. The van der Waals surface area contributed by atoms with Crippen molar-refractivity contribution in [2.75, 3.05) is 0 Å². The molecule has 1 aromatic heterocycles. The van der Waals surface area contributed by atoms with Gasteiger partial charge in [0, 0.05) is 17.3 Å². The van der Waals surface area contributed by atoms with Crippen LogP contribution in [0.1, 0.15) is 35.3 Å². The number of carbonyl (C=O) groups is 1. The minimum atomic E-state index is -0.959. The summed E-state index contributed by atoms with van der Waals surface area (Å²) in [6.07, 6.45) is 1.57. The van der Waals surface area contributed by atoms with E-state index in [4.69, 9.17) is 16.7 Å². The zero-order valence-corrected chi connectivity index (χ0v) is 13.0. The van der Waals surface area contributed by atoms with E-state index in [1.165, 1.54) is 12.1 Å². The Morgan fingerprint density at radius 3 is 2.05 bits per heavy atom. The predicted molar refractivity (Wildman–Crippen MR) is 87.8 cm³/mol. The molecule has 2 aromatic rings. The summed E-state index contributed by atoms with van der Waals surface area (Å²) in [6.45, 7) is 4.00. The topological polar surface area (TPSA) is 50.2 Å². The molecule has 0 atom stereocenters. The molecule has 2 rings (SSSR count). The van der Waals surface area contributed by atoms with Crippen LogP contribution in [-0.4, -0.2) is 16.1 Å². The Balaban J connectivity index is 0.00000116. The summed E-state index contributed by atoms with van der Waals surface area (Å²) in [5, 5.41) is 9.18. The summed E-state index contributed by atoms with van der Waals surface area (Å²) in [5.74, 6) is 10.1. The number of benzene rings is 1. The maximum Gasteiger partial charge on any atom is 0.335 e. The Bertz CT molecular complexity index is 742. The van der Waals surface area contributed by atoms with Gasteiger partial charge in [0.25, 0.3) is 0 Å². The fourth-order valence-electron chi connectivity index (χ4n) is 1.35. The number of carboxylic acid groups (broad SMARTS) is 1. The molecule has 0 saturated heterocycles. The Morgan fingerprint density at radius 2 is 1.55 bits per heavy atom. The van der Waals surface area contributed by atoms with E-state index >= 15 is 0 Å². The molecule has 3 nitrogen and oxygen atoms in total. The maximum absolute atomic E-state index is 10.7. The lowest BCUT2D eigenvalue weighted by atomic mass is 10.1. The second kappa shape index (κ2) is 9.23. The fourth-order valence-corrected chi connectivity index (χ4v) is 1.46. The number of hydrogen-bond acceptors (Lipinski definition) is 2. The summed E-state index contributed by atoms with van der Waals surface area (Å²) in [6, 6.07) is 9.70. The van der Waals surface area contributed by atoms with Crippen LogP contribution < -0.4 is 0 Å². The van der Waals surface area contributed by atoms with E-state index in [0.717, 1.165) is 5.56 Å². The average Bonchev–Trinajstić information content (AvgIpc) is 2.55. The third-order valence-electron chi connectivity index (χ3n) is 2.34. The minimum Gasteiger partial charge on any atom is -0.478 e. The van der Waals surface area contributed by atoms with Crippen molar-refractivity contribution < 1.29 is 9.90 Å². The second-order valence-corrected chi connectivity index (χ2v) is 4.14. The van der Waals surface area contributed by atoms with E-state index in [-0.39, 0.29) is 5.56 Å². The van der Waals surface area contributed by atoms with Crippen LogP contribution in [0.25, 0.3) is 0 Å². The van der Waals surface area contributed by atoms with Gasteiger partial charge in [-0.05, 0) is 48.2 Å². The summed E-state index contributed by atoms with van der Waals surface area (Å²) >= 11 is 5.66.